The Morgan fingerprint density at radius 2 is 1.75 bits per heavy atom. The summed E-state index contributed by atoms with van der Waals surface area (Å²) in [5.74, 6) is -1.70. The zero-order valence-corrected chi connectivity index (χ0v) is 15.7. The first-order valence-electron chi connectivity index (χ1n) is 9.20. The zero-order valence-electron chi connectivity index (χ0n) is 15.7. The Bertz CT molecular complexity index is 1100. The van der Waals surface area contributed by atoms with Crippen molar-refractivity contribution in [1.29, 1.82) is 0 Å². The molecule has 1 N–H and O–H groups in total. The zero-order chi connectivity index (χ0) is 19.8. The summed E-state index contributed by atoms with van der Waals surface area (Å²) >= 11 is 0. The maximum absolute atomic E-state index is 13.1. The lowest BCUT2D eigenvalue weighted by Crippen LogP contribution is -2.32. The van der Waals surface area contributed by atoms with E-state index in [1.807, 2.05) is 42.5 Å². The van der Waals surface area contributed by atoms with Gasteiger partial charge in [0.1, 0.15) is 6.04 Å². The molecule has 0 radical (unpaired) electrons. The number of carbonyl (C=O) groups is 2. The minimum Gasteiger partial charge on any atom is -0.503 e. The molecule has 1 amide bonds. The number of carbonyl (C=O) groups excluding carboxylic acids is 2. The first kappa shape index (κ1) is 17.9. The van der Waals surface area contributed by atoms with E-state index >= 15 is 0 Å². The quantitative estimate of drug-likeness (QED) is 0.739. The normalized spacial score (nSPS) is 17.0. The lowest BCUT2D eigenvalue weighted by molar-refractivity contribution is -0.119. The van der Waals surface area contributed by atoms with E-state index in [4.69, 9.17) is 0 Å². The van der Waals surface area contributed by atoms with Crippen LogP contribution in [0.15, 0.2) is 78.2 Å². The fourth-order valence-corrected chi connectivity index (χ4v) is 3.65. The average Bonchev–Trinajstić information content (AvgIpc) is 2.98. The number of rotatable bonds is 4. The van der Waals surface area contributed by atoms with Gasteiger partial charge in [0.2, 0.25) is 0 Å². The van der Waals surface area contributed by atoms with Crippen LogP contribution >= 0.6 is 0 Å². The molecule has 0 saturated carbocycles. The summed E-state index contributed by atoms with van der Waals surface area (Å²) < 4.78 is 0. The van der Waals surface area contributed by atoms with Crippen molar-refractivity contribution < 1.29 is 14.7 Å². The van der Waals surface area contributed by atoms with E-state index in [0.29, 0.717) is 11.4 Å². The average molecular weight is 372 g/mol. The standard InChI is InChI=1S/C23H20N2O3/c1-14(2)21(26)19-20(17-11-5-6-13-24-17)25(23(28)22(19)27)18-12-7-9-15-8-3-4-10-16(15)18/h3-14,20,27H,1-2H3. The smallest absolute Gasteiger partial charge is 0.294 e. The summed E-state index contributed by atoms with van der Waals surface area (Å²) in [6.07, 6.45) is 1.62. The van der Waals surface area contributed by atoms with Crippen LogP contribution in [-0.2, 0) is 9.59 Å². The van der Waals surface area contributed by atoms with Crippen molar-refractivity contribution in [2.45, 2.75) is 19.9 Å². The molecule has 0 saturated heterocycles. The largest absolute Gasteiger partial charge is 0.503 e. The van der Waals surface area contributed by atoms with Gasteiger partial charge >= 0.3 is 0 Å². The number of aromatic nitrogens is 1. The second-order valence-electron chi connectivity index (χ2n) is 7.11. The molecule has 28 heavy (non-hydrogen) atoms. The van der Waals surface area contributed by atoms with Gasteiger partial charge in [-0.15, -0.1) is 0 Å². The maximum Gasteiger partial charge on any atom is 0.294 e. The van der Waals surface area contributed by atoms with Crippen molar-refractivity contribution in [2.24, 2.45) is 5.92 Å². The number of benzene rings is 2. The lowest BCUT2D eigenvalue weighted by atomic mass is 9.93. The summed E-state index contributed by atoms with van der Waals surface area (Å²) in [6, 6.07) is 17.9. The van der Waals surface area contributed by atoms with Crippen LogP contribution < -0.4 is 4.90 Å². The SMILES string of the molecule is CC(C)C(=O)C1=C(O)C(=O)N(c2cccc3ccccc23)C1c1ccccn1. The van der Waals surface area contributed by atoms with Gasteiger partial charge in [-0.3, -0.25) is 19.5 Å². The van der Waals surface area contributed by atoms with E-state index in [0.717, 1.165) is 10.8 Å². The summed E-state index contributed by atoms with van der Waals surface area (Å²) in [6.45, 7) is 3.51. The summed E-state index contributed by atoms with van der Waals surface area (Å²) in [4.78, 5) is 31.9. The number of Topliss-reactive ketones (excluding diaryl/α,β-unsaturated/α-hetero) is 1. The van der Waals surface area contributed by atoms with Crippen molar-refractivity contribution >= 4 is 28.2 Å². The number of hydrogen-bond acceptors (Lipinski definition) is 4. The highest BCUT2D eigenvalue weighted by atomic mass is 16.3. The number of aliphatic hydroxyl groups is 1. The molecule has 0 fully saturated rings. The van der Waals surface area contributed by atoms with Crippen LogP contribution in [0.2, 0.25) is 0 Å². The van der Waals surface area contributed by atoms with Gasteiger partial charge < -0.3 is 5.11 Å². The van der Waals surface area contributed by atoms with Crippen LogP contribution in [0.5, 0.6) is 0 Å². The molecule has 140 valence electrons. The Kier molecular flexibility index (Phi) is 4.43. The number of hydrogen-bond donors (Lipinski definition) is 1. The van der Waals surface area contributed by atoms with Crippen LogP contribution in [-0.4, -0.2) is 21.8 Å². The highest BCUT2D eigenvalue weighted by molar-refractivity contribution is 6.19. The predicted molar refractivity (Wildman–Crippen MR) is 108 cm³/mol. The first-order chi connectivity index (χ1) is 13.5. The van der Waals surface area contributed by atoms with Gasteiger partial charge in [-0.2, -0.15) is 0 Å². The molecule has 5 heteroatoms. The Morgan fingerprint density at radius 3 is 2.46 bits per heavy atom. The molecular formula is C23H20N2O3. The number of aliphatic hydroxyl groups excluding tert-OH is 1. The molecule has 1 aromatic heterocycles. The number of anilines is 1. The Hall–Kier alpha value is -3.47. The van der Waals surface area contributed by atoms with Gasteiger partial charge in [0, 0.05) is 17.5 Å². The molecule has 1 aliphatic heterocycles. The van der Waals surface area contributed by atoms with Crippen molar-refractivity contribution in [2.75, 3.05) is 4.90 Å². The van der Waals surface area contributed by atoms with Crippen LogP contribution in [0.4, 0.5) is 5.69 Å². The van der Waals surface area contributed by atoms with E-state index in [1.165, 1.54) is 4.90 Å². The van der Waals surface area contributed by atoms with Crippen molar-refractivity contribution in [3.8, 4) is 0 Å². The Morgan fingerprint density at radius 1 is 1.04 bits per heavy atom. The molecule has 1 aliphatic rings. The number of nitrogens with zero attached hydrogens (tertiary/aromatic N) is 2. The van der Waals surface area contributed by atoms with Gasteiger partial charge in [-0.25, -0.2) is 0 Å². The van der Waals surface area contributed by atoms with Gasteiger partial charge in [-0.05, 0) is 23.6 Å². The monoisotopic (exact) mass is 372 g/mol. The van der Waals surface area contributed by atoms with Gasteiger partial charge in [0.25, 0.3) is 5.91 Å². The third-order valence-electron chi connectivity index (χ3n) is 4.99. The molecule has 0 spiro atoms. The molecule has 3 aromatic rings. The van der Waals surface area contributed by atoms with Crippen LogP contribution in [0.1, 0.15) is 25.6 Å². The second kappa shape index (κ2) is 6.93. The number of amides is 1. The molecular weight excluding hydrogens is 352 g/mol. The topological polar surface area (TPSA) is 70.5 Å². The van der Waals surface area contributed by atoms with Gasteiger partial charge in [-0.1, -0.05) is 56.3 Å². The van der Waals surface area contributed by atoms with E-state index in [1.54, 1.807) is 38.2 Å². The van der Waals surface area contributed by atoms with E-state index in [-0.39, 0.29) is 17.3 Å². The molecule has 0 aliphatic carbocycles. The first-order valence-corrected chi connectivity index (χ1v) is 9.20. The second-order valence-corrected chi connectivity index (χ2v) is 7.11. The minimum absolute atomic E-state index is 0.103. The minimum atomic E-state index is -0.769. The molecule has 0 bridgehead atoms. The fraction of sp³-hybridized carbons (Fsp3) is 0.174. The molecule has 1 unspecified atom stereocenters. The van der Waals surface area contributed by atoms with Crippen LogP contribution in [0.3, 0.4) is 0 Å². The third kappa shape index (κ3) is 2.76. The van der Waals surface area contributed by atoms with E-state index < -0.39 is 17.7 Å². The van der Waals surface area contributed by atoms with Gasteiger partial charge in [0.05, 0.1) is 17.0 Å². The Balaban J connectivity index is 1.96. The van der Waals surface area contributed by atoms with Gasteiger partial charge in [0.15, 0.2) is 11.5 Å². The summed E-state index contributed by atoms with van der Waals surface area (Å²) in [5, 5.41) is 12.5. The maximum atomic E-state index is 13.1. The highest BCUT2D eigenvalue weighted by Gasteiger charge is 2.45. The Labute approximate surface area is 162 Å². The molecule has 5 nitrogen and oxygen atoms in total. The predicted octanol–water partition coefficient (Wildman–Crippen LogP) is 4.36. The summed E-state index contributed by atoms with van der Waals surface area (Å²) in [5.41, 5.74) is 1.28. The molecule has 1 atom stereocenters. The lowest BCUT2D eigenvalue weighted by Gasteiger charge is -2.27. The molecule has 2 aromatic carbocycles. The van der Waals surface area contributed by atoms with E-state index in [9.17, 15) is 14.7 Å². The highest BCUT2D eigenvalue weighted by Crippen LogP contribution is 2.43. The molecule has 4 rings (SSSR count). The van der Waals surface area contributed by atoms with Crippen LogP contribution in [0.25, 0.3) is 10.8 Å². The number of ketones is 1. The van der Waals surface area contributed by atoms with Crippen molar-refractivity contribution in [1.82, 2.24) is 4.98 Å². The molecule has 2 heterocycles. The fourth-order valence-electron chi connectivity index (χ4n) is 3.65. The van der Waals surface area contributed by atoms with E-state index in [2.05, 4.69) is 4.98 Å². The van der Waals surface area contributed by atoms with Crippen molar-refractivity contribution in [3.63, 3.8) is 0 Å². The number of fused-ring (bicyclic) bond motifs is 1. The van der Waals surface area contributed by atoms with Crippen molar-refractivity contribution in [3.05, 3.63) is 83.9 Å². The number of pyridine rings is 1. The van der Waals surface area contributed by atoms with Crippen LogP contribution in [0, 0.1) is 5.92 Å². The third-order valence-corrected chi connectivity index (χ3v) is 4.99. The summed E-state index contributed by atoms with van der Waals surface area (Å²) in [7, 11) is 0.